The number of carbonyl (C=O) groups is 2. The van der Waals surface area contributed by atoms with E-state index in [1.165, 1.54) is 12.1 Å². The summed E-state index contributed by atoms with van der Waals surface area (Å²) in [6.45, 7) is 7.17. The van der Waals surface area contributed by atoms with E-state index in [1.807, 2.05) is 30.3 Å². The Bertz CT molecular complexity index is 1230. The number of amides is 2. The average molecular weight is 464 g/mol. The number of aromatic nitrogens is 1. The highest BCUT2D eigenvalue weighted by Crippen LogP contribution is 2.38. The molecule has 1 N–H and O–H groups in total. The monoisotopic (exact) mass is 463 g/mol. The summed E-state index contributed by atoms with van der Waals surface area (Å²) in [5.41, 5.74) is 2.08. The molecule has 178 valence electrons. The van der Waals surface area contributed by atoms with E-state index in [1.54, 1.807) is 45.7 Å². The van der Waals surface area contributed by atoms with E-state index in [0.29, 0.717) is 27.7 Å². The van der Waals surface area contributed by atoms with E-state index < -0.39 is 23.6 Å². The Morgan fingerprint density at radius 2 is 1.82 bits per heavy atom. The van der Waals surface area contributed by atoms with Gasteiger partial charge in [-0.1, -0.05) is 30.3 Å². The molecule has 1 heterocycles. The Labute approximate surface area is 199 Å². The molecular weight excluding hydrogens is 433 g/mol. The number of nitrogens with one attached hydrogen (secondary N) is 1. The lowest BCUT2D eigenvalue weighted by atomic mass is 9.91. The minimum atomic E-state index is -0.658. The number of hydrogen-bond donors (Lipinski definition) is 1. The van der Waals surface area contributed by atoms with Crippen LogP contribution in [0.5, 0.6) is 0 Å². The van der Waals surface area contributed by atoms with Crippen LogP contribution >= 0.6 is 0 Å². The van der Waals surface area contributed by atoms with Gasteiger partial charge in [0.1, 0.15) is 11.4 Å². The molecule has 1 unspecified atom stereocenters. The van der Waals surface area contributed by atoms with Crippen LogP contribution in [0.1, 0.15) is 62.6 Å². The topological polar surface area (TPSA) is 71.5 Å². The van der Waals surface area contributed by atoms with Crippen molar-refractivity contribution in [3.05, 3.63) is 65.6 Å². The molecule has 7 heteroatoms. The maximum absolute atomic E-state index is 14.3. The number of carbonyl (C=O) groups excluding carboxylic acids is 2. The Morgan fingerprint density at radius 3 is 2.44 bits per heavy atom. The highest BCUT2D eigenvalue weighted by atomic mass is 19.1. The van der Waals surface area contributed by atoms with Crippen LogP contribution in [0.3, 0.4) is 0 Å². The fourth-order valence-corrected chi connectivity index (χ4v) is 4.04. The summed E-state index contributed by atoms with van der Waals surface area (Å²) in [5.74, 6) is -0.630. The molecule has 0 aliphatic heterocycles. The van der Waals surface area contributed by atoms with Gasteiger partial charge in [0.2, 0.25) is 0 Å². The second kappa shape index (κ2) is 9.05. The van der Waals surface area contributed by atoms with Crippen LogP contribution in [0.15, 0.2) is 48.5 Å². The predicted octanol–water partition coefficient (Wildman–Crippen LogP) is 5.86. The van der Waals surface area contributed by atoms with Crippen molar-refractivity contribution >= 4 is 22.9 Å². The first-order valence-electron chi connectivity index (χ1n) is 11.5. The zero-order valence-electron chi connectivity index (χ0n) is 20.2. The van der Waals surface area contributed by atoms with E-state index in [9.17, 15) is 14.0 Å². The summed E-state index contributed by atoms with van der Waals surface area (Å²) in [4.78, 5) is 32.9. The van der Waals surface area contributed by atoms with Crippen molar-refractivity contribution in [1.82, 2.24) is 15.2 Å². The molecule has 1 aliphatic rings. The number of nitrogens with zero attached hydrogens (tertiary/aromatic N) is 2. The minimum absolute atomic E-state index is 0.175. The largest absolute Gasteiger partial charge is 0.444 e. The van der Waals surface area contributed by atoms with Gasteiger partial charge in [-0.2, -0.15) is 0 Å². The molecule has 1 aliphatic carbocycles. The normalized spacial score (nSPS) is 14.5. The van der Waals surface area contributed by atoms with Gasteiger partial charge in [0.05, 0.1) is 22.8 Å². The molecule has 2 aromatic carbocycles. The maximum Gasteiger partial charge on any atom is 0.408 e. The van der Waals surface area contributed by atoms with Crippen LogP contribution in [-0.2, 0) is 4.74 Å². The fraction of sp³-hybridized carbons (Fsp3) is 0.370. The van der Waals surface area contributed by atoms with Crippen molar-refractivity contribution in [1.29, 1.82) is 0 Å². The second-order valence-electron chi connectivity index (χ2n) is 9.79. The lowest BCUT2D eigenvalue weighted by Crippen LogP contribution is -2.35. The van der Waals surface area contributed by atoms with Crippen LogP contribution in [-0.4, -0.2) is 40.6 Å². The highest BCUT2D eigenvalue weighted by Gasteiger charge is 2.34. The van der Waals surface area contributed by atoms with Crippen LogP contribution in [0.25, 0.3) is 22.0 Å². The molecule has 0 saturated heterocycles. The zero-order valence-corrected chi connectivity index (χ0v) is 20.2. The Kier molecular flexibility index (Phi) is 6.30. The zero-order chi connectivity index (χ0) is 24.6. The molecular formula is C27H30FN3O3. The summed E-state index contributed by atoms with van der Waals surface area (Å²) in [6, 6.07) is 13.3. The molecule has 34 heavy (non-hydrogen) atoms. The first kappa shape index (κ1) is 23.7. The number of benzene rings is 2. The standard InChI is InChI=1S/C27H30FN3O3/c1-16(29-26(33)34-27(2,3)4)24-22(17-9-7-6-8-10-17)23(25(32)31(5)19-12-13-19)20-15-18(28)11-14-21(20)30-24/h6-11,14-16,19H,12-13H2,1-5H3,(H,29,33). The quantitative estimate of drug-likeness (QED) is 0.514. The van der Waals surface area contributed by atoms with E-state index in [0.717, 1.165) is 18.4 Å². The van der Waals surface area contributed by atoms with Crippen molar-refractivity contribution < 1.29 is 18.7 Å². The van der Waals surface area contributed by atoms with E-state index >= 15 is 0 Å². The number of hydrogen-bond acceptors (Lipinski definition) is 4. The Hall–Kier alpha value is -3.48. The van der Waals surface area contributed by atoms with E-state index in [2.05, 4.69) is 5.32 Å². The fourth-order valence-electron chi connectivity index (χ4n) is 4.04. The van der Waals surface area contributed by atoms with Gasteiger partial charge >= 0.3 is 6.09 Å². The van der Waals surface area contributed by atoms with Gasteiger partial charge in [0.25, 0.3) is 5.91 Å². The summed E-state index contributed by atoms with van der Waals surface area (Å²) in [6.07, 6.45) is 1.32. The molecule has 3 aromatic rings. The molecule has 0 bridgehead atoms. The Balaban J connectivity index is 1.93. The van der Waals surface area contributed by atoms with E-state index in [4.69, 9.17) is 9.72 Å². The van der Waals surface area contributed by atoms with Crippen LogP contribution in [0.4, 0.5) is 9.18 Å². The van der Waals surface area contributed by atoms with Gasteiger partial charge in [-0.3, -0.25) is 4.79 Å². The van der Waals surface area contributed by atoms with Gasteiger partial charge < -0.3 is 15.0 Å². The number of rotatable bonds is 5. The van der Waals surface area contributed by atoms with Gasteiger partial charge in [-0.05, 0) is 64.3 Å². The van der Waals surface area contributed by atoms with Crippen molar-refractivity contribution in [2.45, 2.75) is 58.2 Å². The van der Waals surface area contributed by atoms with Gasteiger partial charge in [0.15, 0.2) is 0 Å². The lowest BCUT2D eigenvalue weighted by molar-refractivity contribution is 0.0507. The summed E-state index contributed by atoms with van der Waals surface area (Å²) < 4.78 is 19.8. The number of fused-ring (bicyclic) bond motifs is 1. The maximum atomic E-state index is 14.3. The Morgan fingerprint density at radius 1 is 1.15 bits per heavy atom. The van der Waals surface area contributed by atoms with Gasteiger partial charge in [0, 0.05) is 24.0 Å². The third-order valence-electron chi connectivity index (χ3n) is 5.81. The van der Waals surface area contributed by atoms with Crippen molar-refractivity contribution in [3.8, 4) is 11.1 Å². The highest BCUT2D eigenvalue weighted by molar-refractivity contribution is 6.12. The van der Waals surface area contributed by atoms with Crippen LogP contribution in [0.2, 0.25) is 0 Å². The first-order chi connectivity index (χ1) is 16.0. The van der Waals surface area contributed by atoms with Crippen molar-refractivity contribution in [2.24, 2.45) is 0 Å². The molecule has 1 saturated carbocycles. The minimum Gasteiger partial charge on any atom is -0.444 e. The van der Waals surface area contributed by atoms with E-state index in [-0.39, 0.29) is 11.9 Å². The number of alkyl carbamates (subject to hydrolysis) is 1. The van der Waals surface area contributed by atoms with Gasteiger partial charge in [-0.15, -0.1) is 0 Å². The average Bonchev–Trinajstić information content (AvgIpc) is 3.61. The lowest BCUT2D eigenvalue weighted by Gasteiger charge is -2.25. The van der Waals surface area contributed by atoms with Gasteiger partial charge in [-0.25, -0.2) is 14.2 Å². The predicted molar refractivity (Wildman–Crippen MR) is 130 cm³/mol. The number of pyridine rings is 1. The molecule has 0 radical (unpaired) electrons. The summed E-state index contributed by atoms with van der Waals surface area (Å²) >= 11 is 0. The third-order valence-corrected chi connectivity index (χ3v) is 5.81. The smallest absolute Gasteiger partial charge is 0.408 e. The molecule has 1 fully saturated rings. The molecule has 2 amide bonds. The third kappa shape index (κ3) is 5.03. The summed E-state index contributed by atoms with van der Waals surface area (Å²) in [5, 5.41) is 3.30. The SMILES string of the molecule is CC(NC(=O)OC(C)(C)C)c1nc2ccc(F)cc2c(C(=O)N(C)C2CC2)c1-c1ccccc1. The first-order valence-corrected chi connectivity index (χ1v) is 11.5. The molecule has 1 aromatic heterocycles. The van der Waals surface area contributed by atoms with Crippen molar-refractivity contribution in [3.63, 3.8) is 0 Å². The molecule has 6 nitrogen and oxygen atoms in total. The molecule has 1 atom stereocenters. The number of halogens is 1. The van der Waals surface area contributed by atoms with Crippen LogP contribution in [0, 0.1) is 5.82 Å². The summed E-state index contributed by atoms with van der Waals surface area (Å²) in [7, 11) is 1.78. The molecule has 0 spiro atoms. The molecule has 4 rings (SSSR count). The number of ether oxygens (including phenoxy) is 1. The second-order valence-corrected chi connectivity index (χ2v) is 9.79. The van der Waals surface area contributed by atoms with Crippen molar-refractivity contribution in [2.75, 3.05) is 7.05 Å². The van der Waals surface area contributed by atoms with Crippen LogP contribution < -0.4 is 5.32 Å².